The Bertz CT molecular complexity index is 939. The molecule has 0 spiro atoms. The Morgan fingerprint density at radius 2 is 2.03 bits per heavy atom. The first-order chi connectivity index (χ1) is 15.0. The Kier molecular flexibility index (Phi) is 8.56. The molecule has 1 aliphatic heterocycles. The van der Waals surface area contributed by atoms with Crippen molar-refractivity contribution in [3.63, 3.8) is 0 Å². The number of rotatable bonds is 10. The number of benzene rings is 1. The van der Waals surface area contributed by atoms with Crippen LogP contribution in [0.1, 0.15) is 18.4 Å². The highest BCUT2D eigenvalue weighted by atomic mass is 32.2. The molecule has 8 nitrogen and oxygen atoms in total. The molecule has 0 bridgehead atoms. The second kappa shape index (κ2) is 11.4. The monoisotopic (exact) mass is 465 g/mol. The van der Waals surface area contributed by atoms with Gasteiger partial charge in [0.1, 0.15) is 6.04 Å². The first-order valence-corrected chi connectivity index (χ1v) is 12.7. The van der Waals surface area contributed by atoms with Gasteiger partial charge in [0, 0.05) is 24.1 Å². The normalized spacial score (nSPS) is 17.1. The molecule has 0 radical (unpaired) electrons. The quantitative estimate of drug-likeness (QED) is 0.426. The maximum absolute atomic E-state index is 12.9. The zero-order valence-corrected chi connectivity index (χ0v) is 19.0. The molecule has 168 valence electrons. The number of aryl methyl sites for hydroxylation is 1. The van der Waals surface area contributed by atoms with Crippen molar-refractivity contribution < 1.29 is 22.7 Å². The summed E-state index contributed by atoms with van der Waals surface area (Å²) in [6.45, 7) is 0.508. The molecule has 1 fully saturated rings. The number of carbonyl (C=O) groups excluding carboxylic acids is 1. The van der Waals surface area contributed by atoms with Crippen LogP contribution in [0, 0.1) is 0 Å². The molecule has 2 heterocycles. The Hall–Kier alpha value is -2.30. The van der Waals surface area contributed by atoms with Crippen LogP contribution < -0.4 is 9.46 Å². The molecule has 1 saturated heterocycles. The van der Waals surface area contributed by atoms with Gasteiger partial charge < -0.3 is 9.47 Å². The molecule has 1 aromatic carbocycles. The average molecular weight is 466 g/mol. The van der Waals surface area contributed by atoms with E-state index in [-0.39, 0.29) is 13.2 Å². The molecule has 0 aliphatic carbocycles. The van der Waals surface area contributed by atoms with Crippen LogP contribution in [-0.4, -0.2) is 61.5 Å². The van der Waals surface area contributed by atoms with Crippen molar-refractivity contribution in [2.45, 2.75) is 25.3 Å². The van der Waals surface area contributed by atoms with Crippen LogP contribution >= 0.6 is 11.8 Å². The van der Waals surface area contributed by atoms with Gasteiger partial charge in [0.25, 0.3) is 0 Å². The van der Waals surface area contributed by atoms with E-state index < -0.39 is 22.2 Å². The van der Waals surface area contributed by atoms with E-state index in [2.05, 4.69) is 21.8 Å². The lowest BCUT2D eigenvalue weighted by molar-refractivity contribution is -0.147. The lowest BCUT2D eigenvalue weighted by Crippen LogP contribution is -2.52. The molecule has 0 amide bonds. The van der Waals surface area contributed by atoms with Gasteiger partial charge in [-0.15, -0.1) is 0 Å². The maximum Gasteiger partial charge on any atom is 0.325 e. The van der Waals surface area contributed by atoms with Crippen molar-refractivity contribution in [1.29, 1.82) is 0 Å². The second-order valence-electron chi connectivity index (χ2n) is 7.01. The zero-order valence-electron chi connectivity index (χ0n) is 17.4. The summed E-state index contributed by atoms with van der Waals surface area (Å²) < 4.78 is 39.8. The molecule has 0 saturated carbocycles. The standard InChI is InChI=1S/C21H27N3O5S2/c1-28-20-11-10-18(15-22-20)23-31(26,27)24-12-14-30-16-19(24)21(25)29-13-6-5-9-17-7-3-2-4-8-17/h2-4,7-8,10-11,15,19,23H,5-6,9,12-14,16H2,1H3/t19-/m0/s1. The number of ether oxygens (including phenoxy) is 2. The molecular weight excluding hydrogens is 438 g/mol. The molecular formula is C21H27N3O5S2. The van der Waals surface area contributed by atoms with E-state index >= 15 is 0 Å². The van der Waals surface area contributed by atoms with Crippen LogP contribution in [-0.2, 0) is 26.2 Å². The van der Waals surface area contributed by atoms with Crippen molar-refractivity contribution in [2.24, 2.45) is 0 Å². The molecule has 3 rings (SSSR count). The number of hydrogen-bond donors (Lipinski definition) is 1. The number of thioether (sulfide) groups is 1. The van der Waals surface area contributed by atoms with Crippen molar-refractivity contribution in [2.75, 3.05) is 36.5 Å². The smallest absolute Gasteiger partial charge is 0.325 e. The van der Waals surface area contributed by atoms with Crippen LogP contribution in [0.4, 0.5) is 5.69 Å². The summed E-state index contributed by atoms with van der Waals surface area (Å²) in [6.07, 6.45) is 3.90. The summed E-state index contributed by atoms with van der Waals surface area (Å²) in [7, 11) is -2.45. The largest absolute Gasteiger partial charge is 0.481 e. The van der Waals surface area contributed by atoms with Gasteiger partial charge in [-0.05, 0) is 30.9 Å². The number of nitrogens with one attached hydrogen (secondary N) is 1. The van der Waals surface area contributed by atoms with Crippen molar-refractivity contribution in [1.82, 2.24) is 9.29 Å². The highest BCUT2D eigenvalue weighted by Crippen LogP contribution is 2.23. The molecule has 2 aromatic rings. The van der Waals surface area contributed by atoms with E-state index in [4.69, 9.17) is 9.47 Å². The number of esters is 1. The molecule has 1 N–H and O–H groups in total. The third-order valence-corrected chi connectivity index (χ3v) is 7.37. The Morgan fingerprint density at radius 1 is 1.23 bits per heavy atom. The third kappa shape index (κ3) is 6.84. The van der Waals surface area contributed by atoms with E-state index in [9.17, 15) is 13.2 Å². The Morgan fingerprint density at radius 3 is 2.74 bits per heavy atom. The fraction of sp³-hybridized carbons (Fsp3) is 0.429. The van der Waals surface area contributed by atoms with Crippen LogP contribution in [0.15, 0.2) is 48.7 Å². The maximum atomic E-state index is 12.9. The first kappa shape index (κ1) is 23.4. The van der Waals surface area contributed by atoms with Crippen LogP contribution in [0.3, 0.4) is 0 Å². The van der Waals surface area contributed by atoms with E-state index in [0.717, 1.165) is 19.3 Å². The van der Waals surface area contributed by atoms with Crippen LogP contribution in [0.2, 0.25) is 0 Å². The van der Waals surface area contributed by atoms with Gasteiger partial charge >= 0.3 is 16.2 Å². The fourth-order valence-corrected chi connectivity index (χ4v) is 5.78. The van der Waals surface area contributed by atoms with Crippen LogP contribution in [0.5, 0.6) is 5.88 Å². The fourth-order valence-electron chi connectivity index (χ4n) is 3.18. The third-order valence-electron chi connectivity index (χ3n) is 4.80. The van der Waals surface area contributed by atoms with E-state index in [1.807, 2.05) is 18.2 Å². The molecule has 1 atom stereocenters. The summed E-state index contributed by atoms with van der Waals surface area (Å²) in [5, 5.41) is 0. The summed E-state index contributed by atoms with van der Waals surface area (Å²) in [4.78, 5) is 16.6. The first-order valence-electron chi connectivity index (χ1n) is 10.1. The second-order valence-corrected chi connectivity index (χ2v) is 9.78. The van der Waals surface area contributed by atoms with Gasteiger partial charge in [-0.1, -0.05) is 30.3 Å². The van der Waals surface area contributed by atoms with Gasteiger partial charge in [-0.3, -0.25) is 9.52 Å². The SMILES string of the molecule is COc1ccc(NS(=O)(=O)N2CCSC[C@H]2C(=O)OCCCCc2ccccc2)cn1. The topological polar surface area (TPSA) is 97.8 Å². The number of pyridine rings is 1. The number of carbonyl (C=O) groups is 1. The van der Waals surface area contributed by atoms with Gasteiger partial charge in [-0.2, -0.15) is 24.5 Å². The summed E-state index contributed by atoms with van der Waals surface area (Å²) in [5.41, 5.74) is 1.54. The summed E-state index contributed by atoms with van der Waals surface area (Å²) in [5.74, 6) is 0.851. The predicted molar refractivity (Wildman–Crippen MR) is 121 cm³/mol. The van der Waals surface area contributed by atoms with Crippen LogP contribution in [0.25, 0.3) is 0 Å². The molecule has 1 aliphatic rings. The number of methoxy groups -OCH3 is 1. The Labute approximate surface area is 187 Å². The molecule has 10 heteroatoms. The minimum atomic E-state index is -3.93. The van der Waals surface area contributed by atoms with Gasteiger partial charge in [0.2, 0.25) is 5.88 Å². The highest BCUT2D eigenvalue weighted by molar-refractivity contribution is 7.99. The Balaban J connectivity index is 1.52. The average Bonchev–Trinajstić information content (AvgIpc) is 2.79. The van der Waals surface area contributed by atoms with Gasteiger partial charge in [-0.25, -0.2) is 4.98 Å². The number of nitrogens with zero attached hydrogens (tertiary/aromatic N) is 2. The number of anilines is 1. The molecule has 1 aromatic heterocycles. The zero-order chi connectivity index (χ0) is 22.1. The lowest BCUT2D eigenvalue weighted by Gasteiger charge is -2.32. The lowest BCUT2D eigenvalue weighted by atomic mass is 10.1. The van der Waals surface area contributed by atoms with Crippen molar-refractivity contribution >= 4 is 33.6 Å². The number of hydrogen-bond acceptors (Lipinski definition) is 7. The number of unbranched alkanes of at least 4 members (excludes halogenated alkanes) is 1. The van der Waals surface area contributed by atoms with Crippen molar-refractivity contribution in [3.05, 3.63) is 54.2 Å². The van der Waals surface area contributed by atoms with E-state index in [1.54, 1.807) is 12.1 Å². The van der Waals surface area contributed by atoms with E-state index in [0.29, 0.717) is 23.1 Å². The van der Waals surface area contributed by atoms with Crippen molar-refractivity contribution in [3.8, 4) is 5.88 Å². The van der Waals surface area contributed by atoms with Gasteiger partial charge in [0.15, 0.2) is 0 Å². The summed E-state index contributed by atoms with van der Waals surface area (Å²) >= 11 is 1.54. The summed E-state index contributed by atoms with van der Waals surface area (Å²) in [6, 6.07) is 12.4. The minimum Gasteiger partial charge on any atom is -0.481 e. The van der Waals surface area contributed by atoms with E-state index in [1.165, 1.54) is 34.9 Å². The predicted octanol–water partition coefficient (Wildman–Crippen LogP) is 2.73. The molecule has 31 heavy (non-hydrogen) atoms. The molecule has 0 unspecified atom stereocenters. The minimum absolute atomic E-state index is 0.233. The number of aromatic nitrogens is 1. The van der Waals surface area contributed by atoms with Gasteiger partial charge in [0.05, 0.1) is 25.6 Å². The highest BCUT2D eigenvalue weighted by Gasteiger charge is 2.38.